The van der Waals surface area contributed by atoms with E-state index in [0.29, 0.717) is 31.0 Å². The van der Waals surface area contributed by atoms with Crippen LogP contribution in [0.25, 0.3) is 0 Å². The van der Waals surface area contributed by atoms with Gasteiger partial charge in [-0.1, -0.05) is 49.0 Å². The number of hydrogen-bond donors (Lipinski definition) is 1. The lowest BCUT2D eigenvalue weighted by Gasteiger charge is -2.54. The van der Waals surface area contributed by atoms with Crippen molar-refractivity contribution in [2.45, 2.75) is 62.6 Å². The lowest BCUT2D eigenvalue weighted by atomic mass is 9.81. The van der Waals surface area contributed by atoms with Gasteiger partial charge < -0.3 is 24.6 Å². The number of amides is 1. The second-order valence-corrected chi connectivity index (χ2v) is 11.3. The number of esters is 1. The Morgan fingerprint density at radius 3 is 2.41 bits per heavy atom. The maximum atomic E-state index is 12.7. The highest BCUT2D eigenvalue weighted by atomic mass is 32.2. The molecular weight excluding hydrogens is 492 g/mol. The molecule has 3 aliphatic rings. The predicted octanol–water partition coefficient (Wildman–Crippen LogP) is 2.84. The number of carbonyl (C=O) groups is 2. The molecule has 0 saturated carbocycles. The smallest absolute Gasteiger partial charge is 0.410 e. The molecule has 3 heterocycles. The highest BCUT2D eigenvalue weighted by molar-refractivity contribution is 8.04. The van der Waals surface area contributed by atoms with Gasteiger partial charge in [0.05, 0.1) is 23.9 Å². The third kappa shape index (κ3) is 5.39. The summed E-state index contributed by atoms with van der Waals surface area (Å²) in [5.74, 6) is 1.92. The molecule has 0 aliphatic carbocycles. The van der Waals surface area contributed by atoms with Gasteiger partial charge in [-0.05, 0) is 31.7 Å². The van der Waals surface area contributed by atoms with Crippen LogP contribution in [0.3, 0.4) is 0 Å². The molecule has 1 N–H and O–H groups in total. The number of nitrogens with one attached hydrogen (secondary N) is 1. The van der Waals surface area contributed by atoms with E-state index in [0.717, 1.165) is 38.2 Å². The minimum absolute atomic E-state index is 0.00637. The number of thioether (sulfide) groups is 1. The maximum absolute atomic E-state index is 12.7. The molecule has 1 aromatic carbocycles. The summed E-state index contributed by atoms with van der Waals surface area (Å²) < 4.78 is 10.7. The van der Waals surface area contributed by atoms with Crippen molar-refractivity contribution in [2.75, 3.05) is 46.4 Å². The Hall–Kier alpha value is -2.52. The van der Waals surface area contributed by atoms with Gasteiger partial charge in [0.15, 0.2) is 11.0 Å². The summed E-state index contributed by atoms with van der Waals surface area (Å²) in [6.07, 6.45) is 1.94. The van der Waals surface area contributed by atoms with Gasteiger partial charge in [-0.25, -0.2) is 9.59 Å². The molecule has 3 saturated heterocycles. The van der Waals surface area contributed by atoms with Gasteiger partial charge in [0.25, 0.3) is 0 Å². The molecule has 0 spiro atoms. The van der Waals surface area contributed by atoms with E-state index in [9.17, 15) is 14.4 Å². The van der Waals surface area contributed by atoms with E-state index < -0.39 is 10.4 Å². The second kappa shape index (κ2) is 11.9. The molecule has 202 valence electrons. The predicted molar refractivity (Wildman–Crippen MR) is 142 cm³/mol. The first-order chi connectivity index (χ1) is 17.9. The van der Waals surface area contributed by atoms with Crippen LogP contribution in [0.4, 0.5) is 4.79 Å². The Morgan fingerprint density at radius 2 is 1.81 bits per heavy atom. The first-order valence-corrected chi connectivity index (χ1v) is 13.9. The zero-order valence-corrected chi connectivity index (χ0v) is 22.8. The third-order valence-electron chi connectivity index (χ3n) is 8.06. The van der Waals surface area contributed by atoms with Crippen LogP contribution in [0.15, 0.2) is 35.4 Å². The summed E-state index contributed by atoms with van der Waals surface area (Å²) in [7, 11) is 1.41. The number of benzene rings is 1. The fraction of sp³-hybridized carbons (Fsp3) is 0.630. The number of nitrogens with zero attached hydrogens (tertiary/aromatic N) is 3. The van der Waals surface area contributed by atoms with Gasteiger partial charge in [-0.2, -0.15) is 0 Å². The van der Waals surface area contributed by atoms with Crippen LogP contribution >= 0.6 is 11.8 Å². The Labute approximate surface area is 223 Å². The summed E-state index contributed by atoms with van der Waals surface area (Å²) in [4.78, 5) is 43.6. The van der Waals surface area contributed by atoms with E-state index in [1.807, 2.05) is 30.3 Å². The van der Waals surface area contributed by atoms with Crippen LogP contribution in [-0.4, -0.2) is 95.5 Å². The molecule has 0 radical (unpaired) electrons. The summed E-state index contributed by atoms with van der Waals surface area (Å²) in [6, 6.07) is 9.62. The Balaban J connectivity index is 1.52. The average molecular weight is 531 g/mol. The lowest BCUT2D eigenvalue weighted by Crippen LogP contribution is -2.68. The van der Waals surface area contributed by atoms with Crippen molar-refractivity contribution >= 4 is 29.8 Å². The van der Waals surface area contributed by atoms with Crippen LogP contribution < -0.4 is 5.32 Å². The molecule has 9 nitrogen and oxygen atoms in total. The van der Waals surface area contributed by atoms with E-state index in [2.05, 4.69) is 34.9 Å². The minimum Gasteiger partial charge on any atom is -0.469 e. The zero-order chi connectivity index (χ0) is 26.5. The van der Waals surface area contributed by atoms with Gasteiger partial charge in [0.2, 0.25) is 0 Å². The van der Waals surface area contributed by atoms with E-state index in [1.165, 1.54) is 7.11 Å². The van der Waals surface area contributed by atoms with Crippen molar-refractivity contribution in [1.82, 2.24) is 20.0 Å². The van der Waals surface area contributed by atoms with E-state index in [-0.39, 0.29) is 31.1 Å². The molecule has 0 bridgehead atoms. The Bertz CT molecular complexity index is 1010. The topological polar surface area (TPSA) is 91.4 Å². The molecule has 10 heteroatoms. The number of hydrogen-bond acceptors (Lipinski definition) is 9. The number of rotatable bonds is 7. The number of ether oxygens (including phenoxy) is 2. The normalized spacial score (nSPS) is 27.2. The fourth-order valence-electron chi connectivity index (χ4n) is 6.17. The molecule has 1 amide bonds. The molecular formula is C27H38N4O5S. The van der Waals surface area contributed by atoms with Crippen LogP contribution in [0.2, 0.25) is 0 Å². The monoisotopic (exact) mass is 530 g/mol. The fourth-order valence-corrected chi connectivity index (χ4v) is 7.83. The van der Waals surface area contributed by atoms with Gasteiger partial charge in [0, 0.05) is 45.3 Å². The summed E-state index contributed by atoms with van der Waals surface area (Å²) in [5.41, 5.74) is 0.271. The van der Waals surface area contributed by atoms with Crippen LogP contribution in [0, 0.1) is 0 Å². The van der Waals surface area contributed by atoms with Gasteiger partial charge in [-0.15, -0.1) is 0 Å². The van der Waals surface area contributed by atoms with Crippen LogP contribution in [0.5, 0.6) is 0 Å². The van der Waals surface area contributed by atoms with Crippen molar-refractivity contribution in [1.29, 1.82) is 0 Å². The first-order valence-electron chi connectivity index (χ1n) is 13.1. The van der Waals surface area contributed by atoms with Crippen molar-refractivity contribution in [3.63, 3.8) is 0 Å². The summed E-state index contributed by atoms with van der Waals surface area (Å²) >= 11 is 1.54. The Kier molecular flexibility index (Phi) is 8.85. The van der Waals surface area contributed by atoms with E-state index in [4.69, 9.17) is 9.47 Å². The molecule has 3 aliphatic heterocycles. The molecule has 2 unspecified atom stereocenters. The third-order valence-corrected chi connectivity index (χ3v) is 9.86. The van der Waals surface area contributed by atoms with E-state index >= 15 is 0 Å². The van der Waals surface area contributed by atoms with Crippen molar-refractivity contribution in [2.24, 2.45) is 0 Å². The number of carbonyl (C=O) groups excluding carboxylic acids is 3. The molecule has 4 rings (SSSR count). The first kappa shape index (κ1) is 27.5. The van der Waals surface area contributed by atoms with E-state index in [1.54, 1.807) is 16.7 Å². The summed E-state index contributed by atoms with van der Waals surface area (Å²) in [6.45, 7) is 8.89. The highest BCUT2D eigenvalue weighted by Crippen LogP contribution is 2.59. The highest BCUT2D eigenvalue weighted by Gasteiger charge is 2.63. The largest absolute Gasteiger partial charge is 0.469 e. The SMILES string of the molecule is CCC1(N2CCNCC2)SC(=C=O)N(C2CCN(C(=O)OCc3ccccc3)CC2)C1(C)CC(=O)OC. The van der Waals surface area contributed by atoms with Crippen molar-refractivity contribution in [3.05, 3.63) is 40.9 Å². The molecule has 37 heavy (non-hydrogen) atoms. The molecule has 1 aromatic rings. The van der Waals surface area contributed by atoms with Gasteiger partial charge in [0.1, 0.15) is 6.61 Å². The van der Waals surface area contributed by atoms with Crippen molar-refractivity contribution < 1.29 is 23.9 Å². The molecule has 0 aromatic heterocycles. The Morgan fingerprint density at radius 1 is 1.14 bits per heavy atom. The summed E-state index contributed by atoms with van der Waals surface area (Å²) in [5, 5.41) is 3.94. The maximum Gasteiger partial charge on any atom is 0.410 e. The lowest BCUT2D eigenvalue weighted by molar-refractivity contribution is -0.146. The minimum atomic E-state index is -0.676. The zero-order valence-electron chi connectivity index (χ0n) is 22.0. The number of piperidine rings is 1. The average Bonchev–Trinajstić information content (AvgIpc) is 3.20. The van der Waals surface area contributed by atoms with Gasteiger partial charge in [-0.3, -0.25) is 9.69 Å². The standard InChI is InChI=1S/C27H38N4O5S/c1-4-27(30-16-12-28-13-17-30)26(2,18-24(33)35-3)31(23(19-32)37-27)22-10-14-29(15-11-22)25(34)36-20-21-8-6-5-7-9-21/h5-9,22,28H,4,10-18,20H2,1-3H3. The van der Waals surface area contributed by atoms with Gasteiger partial charge >= 0.3 is 12.1 Å². The number of likely N-dealkylation sites (tertiary alicyclic amines) is 1. The number of piperazine rings is 1. The van der Waals surface area contributed by atoms with Crippen LogP contribution in [0.1, 0.15) is 45.1 Å². The molecule has 3 fully saturated rings. The second-order valence-electron chi connectivity index (χ2n) is 10.0. The molecule has 2 atom stereocenters. The van der Waals surface area contributed by atoms with Crippen LogP contribution in [-0.2, 0) is 25.7 Å². The van der Waals surface area contributed by atoms with Crippen molar-refractivity contribution in [3.8, 4) is 0 Å². The quantitative estimate of drug-likeness (QED) is 0.422. The number of methoxy groups -OCH3 is 1.